The average molecular weight is 215 g/mol. The van der Waals surface area contributed by atoms with E-state index in [4.69, 9.17) is 4.74 Å². The van der Waals surface area contributed by atoms with Crippen LogP contribution in [0.4, 0.5) is 0 Å². The molecule has 1 unspecified atom stereocenters. The summed E-state index contributed by atoms with van der Waals surface area (Å²) < 4.78 is 10.0. The van der Waals surface area contributed by atoms with Crippen molar-refractivity contribution in [3.05, 3.63) is 0 Å². The molecule has 0 amide bonds. The van der Waals surface area contributed by atoms with Gasteiger partial charge in [-0.25, -0.2) is 0 Å². The monoisotopic (exact) mass is 215 g/mol. The van der Waals surface area contributed by atoms with Crippen molar-refractivity contribution >= 4 is 5.97 Å². The topological polar surface area (TPSA) is 47.6 Å². The predicted molar refractivity (Wildman–Crippen MR) is 57.7 cm³/mol. The zero-order chi connectivity index (χ0) is 11.1. The maximum absolute atomic E-state index is 10.9. The number of esters is 1. The average Bonchev–Trinajstić information content (AvgIpc) is 2.25. The summed E-state index contributed by atoms with van der Waals surface area (Å²) in [5.74, 6) is -0.137. The van der Waals surface area contributed by atoms with Crippen LogP contribution in [0.1, 0.15) is 32.6 Å². The lowest BCUT2D eigenvalue weighted by molar-refractivity contribution is -0.140. The van der Waals surface area contributed by atoms with Crippen molar-refractivity contribution in [3.63, 3.8) is 0 Å². The van der Waals surface area contributed by atoms with Crippen LogP contribution >= 0.6 is 0 Å². The van der Waals surface area contributed by atoms with E-state index in [1.54, 1.807) is 0 Å². The first-order valence-electron chi connectivity index (χ1n) is 5.56. The first-order valence-corrected chi connectivity index (χ1v) is 5.56. The predicted octanol–water partition coefficient (Wildman–Crippen LogP) is 1.10. The van der Waals surface area contributed by atoms with Crippen molar-refractivity contribution in [2.24, 2.45) is 0 Å². The van der Waals surface area contributed by atoms with E-state index in [1.165, 1.54) is 7.11 Å². The molecule has 15 heavy (non-hydrogen) atoms. The molecular weight excluding hydrogens is 194 g/mol. The third-order valence-corrected chi connectivity index (χ3v) is 2.77. The van der Waals surface area contributed by atoms with Crippen LogP contribution in [0.2, 0.25) is 0 Å². The van der Waals surface area contributed by atoms with Crippen LogP contribution in [0, 0.1) is 0 Å². The third-order valence-electron chi connectivity index (χ3n) is 2.77. The van der Waals surface area contributed by atoms with E-state index >= 15 is 0 Å². The molecule has 0 radical (unpaired) electrons. The van der Waals surface area contributed by atoms with Crippen molar-refractivity contribution in [2.45, 2.75) is 38.1 Å². The minimum absolute atomic E-state index is 0.0916. The van der Waals surface area contributed by atoms with E-state index < -0.39 is 0 Å². The highest BCUT2D eigenvalue weighted by atomic mass is 16.5. The van der Waals surface area contributed by atoms with Crippen LogP contribution < -0.4 is 5.32 Å². The minimum Gasteiger partial charge on any atom is -0.469 e. The molecule has 1 fully saturated rings. The first kappa shape index (κ1) is 12.5. The zero-order valence-electron chi connectivity index (χ0n) is 9.67. The van der Waals surface area contributed by atoms with Gasteiger partial charge in [0.2, 0.25) is 0 Å². The van der Waals surface area contributed by atoms with E-state index in [0.717, 1.165) is 39.0 Å². The molecule has 0 bridgehead atoms. The van der Waals surface area contributed by atoms with Gasteiger partial charge in [-0.05, 0) is 32.7 Å². The maximum Gasteiger partial charge on any atom is 0.305 e. The first-order chi connectivity index (χ1) is 7.16. The second kappa shape index (κ2) is 6.08. The molecule has 1 atom stereocenters. The highest BCUT2D eigenvalue weighted by Crippen LogP contribution is 2.17. The smallest absolute Gasteiger partial charge is 0.305 e. The Hall–Kier alpha value is -0.610. The van der Waals surface area contributed by atoms with Crippen molar-refractivity contribution < 1.29 is 14.3 Å². The minimum atomic E-state index is -0.137. The lowest BCUT2D eigenvalue weighted by Crippen LogP contribution is -2.49. The zero-order valence-corrected chi connectivity index (χ0v) is 9.67. The molecule has 1 N–H and O–H groups in total. The van der Waals surface area contributed by atoms with Crippen molar-refractivity contribution in [2.75, 3.05) is 26.9 Å². The normalized spacial score (nSPS) is 26.3. The number of nitrogens with one attached hydrogen (secondary N) is 1. The maximum atomic E-state index is 10.9. The summed E-state index contributed by atoms with van der Waals surface area (Å²) in [6.45, 7) is 4.66. The van der Waals surface area contributed by atoms with Gasteiger partial charge in [0.1, 0.15) is 0 Å². The van der Waals surface area contributed by atoms with E-state index in [-0.39, 0.29) is 11.5 Å². The van der Waals surface area contributed by atoms with Gasteiger partial charge >= 0.3 is 5.97 Å². The Morgan fingerprint density at radius 1 is 1.60 bits per heavy atom. The largest absolute Gasteiger partial charge is 0.469 e. The highest BCUT2D eigenvalue weighted by molar-refractivity contribution is 5.69. The molecule has 4 nitrogen and oxygen atoms in total. The fourth-order valence-corrected chi connectivity index (χ4v) is 1.80. The molecule has 88 valence electrons. The van der Waals surface area contributed by atoms with Crippen molar-refractivity contribution in [1.29, 1.82) is 0 Å². The van der Waals surface area contributed by atoms with Crippen LogP contribution in [-0.4, -0.2) is 38.4 Å². The van der Waals surface area contributed by atoms with E-state index in [0.29, 0.717) is 6.42 Å². The van der Waals surface area contributed by atoms with Gasteiger partial charge in [0.05, 0.1) is 13.7 Å². The Balaban J connectivity index is 2.10. The van der Waals surface area contributed by atoms with Gasteiger partial charge in [0.15, 0.2) is 0 Å². The lowest BCUT2D eigenvalue weighted by atomic mass is 9.95. The lowest BCUT2D eigenvalue weighted by Gasteiger charge is -2.34. The highest BCUT2D eigenvalue weighted by Gasteiger charge is 2.26. The van der Waals surface area contributed by atoms with Crippen molar-refractivity contribution in [3.8, 4) is 0 Å². The number of rotatable bonds is 5. The molecular formula is C11H21NO3. The summed E-state index contributed by atoms with van der Waals surface area (Å²) >= 11 is 0. The van der Waals surface area contributed by atoms with E-state index in [9.17, 15) is 4.79 Å². The summed E-state index contributed by atoms with van der Waals surface area (Å²) in [5, 5.41) is 3.44. The van der Waals surface area contributed by atoms with E-state index in [1.807, 2.05) is 0 Å². The van der Waals surface area contributed by atoms with Crippen molar-refractivity contribution in [1.82, 2.24) is 5.32 Å². The van der Waals surface area contributed by atoms with Gasteiger partial charge in [-0.2, -0.15) is 0 Å². The second-order valence-corrected chi connectivity index (χ2v) is 4.32. The van der Waals surface area contributed by atoms with Crippen LogP contribution in [0.15, 0.2) is 0 Å². The molecule has 0 spiro atoms. The molecule has 4 heteroatoms. The Kier molecular flexibility index (Phi) is 5.05. The fraction of sp³-hybridized carbons (Fsp3) is 0.909. The Bertz CT molecular complexity index is 200. The molecule has 1 rings (SSSR count). The van der Waals surface area contributed by atoms with Gasteiger partial charge in [-0.1, -0.05) is 0 Å². The third kappa shape index (κ3) is 4.62. The Morgan fingerprint density at radius 2 is 2.40 bits per heavy atom. The van der Waals surface area contributed by atoms with E-state index in [2.05, 4.69) is 17.0 Å². The van der Waals surface area contributed by atoms with Crippen LogP contribution in [0.25, 0.3) is 0 Å². The number of carbonyl (C=O) groups is 1. The number of methoxy groups -OCH3 is 1. The summed E-state index contributed by atoms with van der Waals surface area (Å²) in [6, 6.07) is 0. The quantitative estimate of drug-likeness (QED) is 0.551. The summed E-state index contributed by atoms with van der Waals surface area (Å²) in [6.07, 6.45) is 3.56. The van der Waals surface area contributed by atoms with Crippen LogP contribution in [-0.2, 0) is 14.3 Å². The molecule has 1 aliphatic heterocycles. The van der Waals surface area contributed by atoms with Crippen LogP contribution in [0.3, 0.4) is 0 Å². The van der Waals surface area contributed by atoms with Gasteiger partial charge < -0.3 is 14.8 Å². The molecule has 0 aromatic rings. The van der Waals surface area contributed by atoms with Gasteiger partial charge in [0, 0.05) is 18.6 Å². The number of hydrogen-bond donors (Lipinski definition) is 1. The summed E-state index contributed by atoms with van der Waals surface area (Å²) in [4.78, 5) is 10.9. The molecule has 0 aromatic heterocycles. The van der Waals surface area contributed by atoms with Crippen LogP contribution in [0.5, 0.6) is 0 Å². The number of ether oxygens (including phenoxy) is 2. The molecule has 1 aliphatic rings. The Morgan fingerprint density at radius 3 is 3.00 bits per heavy atom. The second-order valence-electron chi connectivity index (χ2n) is 4.32. The number of carbonyl (C=O) groups excluding carboxylic acids is 1. The molecule has 1 saturated heterocycles. The van der Waals surface area contributed by atoms with Gasteiger partial charge in [0.25, 0.3) is 0 Å². The standard InChI is InChI=1S/C11H21NO3/c1-11(6-4-8-15-9-11)12-7-3-5-10(13)14-2/h12H,3-9H2,1-2H3. The molecule has 0 saturated carbocycles. The molecule has 0 aliphatic carbocycles. The van der Waals surface area contributed by atoms with Gasteiger partial charge in [-0.3, -0.25) is 4.79 Å². The summed E-state index contributed by atoms with van der Waals surface area (Å²) in [5.41, 5.74) is 0.0916. The molecule has 1 heterocycles. The van der Waals surface area contributed by atoms with Gasteiger partial charge in [-0.15, -0.1) is 0 Å². The SMILES string of the molecule is COC(=O)CCCNC1(C)CCCOC1. The Labute approximate surface area is 91.3 Å². The summed E-state index contributed by atoms with van der Waals surface area (Å²) in [7, 11) is 1.42. The molecule has 0 aromatic carbocycles. The number of hydrogen-bond acceptors (Lipinski definition) is 4. The fourth-order valence-electron chi connectivity index (χ4n) is 1.80.